The van der Waals surface area contributed by atoms with Crippen LogP contribution in [0.4, 0.5) is 26.3 Å². The summed E-state index contributed by atoms with van der Waals surface area (Å²) in [6.07, 6.45) is -5.35. The van der Waals surface area contributed by atoms with Crippen LogP contribution < -0.4 is 0 Å². The van der Waals surface area contributed by atoms with Crippen LogP contribution in [0.1, 0.15) is 35.1 Å². The Balaban J connectivity index is 1.35. The van der Waals surface area contributed by atoms with E-state index in [-0.39, 0.29) is 30.0 Å². The molecule has 5 rings (SSSR count). The maximum absolute atomic E-state index is 13.6. The summed E-state index contributed by atoms with van der Waals surface area (Å²) in [5.74, 6) is -0.374. The number of benzene rings is 2. The third kappa shape index (κ3) is 5.66. The van der Waals surface area contributed by atoms with Crippen molar-refractivity contribution in [3.8, 4) is 6.07 Å². The van der Waals surface area contributed by atoms with Gasteiger partial charge in [0.05, 0.1) is 40.4 Å². The van der Waals surface area contributed by atoms with Crippen LogP contribution in [0.2, 0.25) is 0 Å². The molecular formula is C26H19F6N5OS. The van der Waals surface area contributed by atoms with Crippen molar-refractivity contribution in [1.29, 1.82) is 5.26 Å². The Morgan fingerprint density at radius 1 is 1.05 bits per heavy atom. The number of fused-ring (bicyclic) bond motifs is 1. The lowest BCUT2D eigenvalue weighted by Crippen LogP contribution is -2.36. The van der Waals surface area contributed by atoms with E-state index in [1.54, 1.807) is 24.3 Å². The van der Waals surface area contributed by atoms with E-state index in [1.807, 2.05) is 4.90 Å². The van der Waals surface area contributed by atoms with Crippen molar-refractivity contribution in [2.75, 3.05) is 13.1 Å². The number of amidine groups is 1. The summed E-state index contributed by atoms with van der Waals surface area (Å²) in [6, 6.07) is 8.84. The Morgan fingerprint density at radius 3 is 2.46 bits per heavy atom. The van der Waals surface area contributed by atoms with Gasteiger partial charge in [0.15, 0.2) is 5.17 Å². The van der Waals surface area contributed by atoms with E-state index >= 15 is 0 Å². The van der Waals surface area contributed by atoms with Crippen LogP contribution in [-0.2, 0) is 23.7 Å². The molecule has 0 unspecified atom stereocenters. The summed E-state index contributed by atoms with van der Waals surface area (Å²) in [5, 5.41) is 14.4. The number of aromatic nitrogens is 2. The molecule has 1 aromatic heterocycles. The fourth-order valence-electron chi connectivity index (χ4n) is 4.52. The van der Waals surface area contributed by atoms with Crippen LogP contribution in [0.5, 0.6) is 0 Å². The van der Waals surface area contributed by atoms with Crippen LogP contribution >= 0.6 is 11.8 Å². The lowest BCUT2D eigenvalue weighted by atomic mass is 9.99. The number of nitrogens with zero attached hydrogens (tertiary/aromatic N) is 5. The minimum atomic E-state index is -4.98. The van der Waals surface area contributed by atoms with Crippen LogP contribution in [0.25, 0.3) is 17.0 Å². The lowest BCUT2D eigenvalue weighted by molar-refractivity contribution is -0.143. The number of aliphatic imine (C=N–C) groups is 1. The quantitative estimate of drug-likeness (QED) is 0.275. The predicted octanol–water partition coefficient (Wildman–Crippen LogP) is 6.33. The van der Waals surface area contributed by atoms with Gasteiger partial charge in [-0.1, -0.05) is 12.1 Å². The molecule has 0 spiro atoms. The first-order valence-corrected chi connectivity index (χ1v) is 12.6. The van der Waals surface area contributed by atoms with Crippen LogP contribution in [0.3, 0.4) is 0 Å². The molecule has 0 atom stereocenters. The van der Waals surface area contributed by atoms with Gasteiger partial charge in [0.2, 0.25) is 0 Å². The first-order chi connectivity index (χ1) is 18.4. The van der Waals surface area contributed by atoms with E-state index in [0.29, 0.717) is 58.5 Å². The second-order valence-electron chi connectivity index (χ2n) is 9.19. The number of hydrogen-bond donors (Lipinski definition) is 0. The number of rotatable bonds is 3. The highest BCUT2D eigenvalue weighted by Gasteiger charge is 2.38. The molecule has 1 fully saturated rings. The average molecular weight is 564 g/mol. The standard InChI is InChI=1S/C26H19F6N5OS/c27-25(28,29)19-3-2-17(20(11-19)26(30,31)32)14-37-21-4-1-16(9-18(21)13-34-37)10-22-23(38)35-24(39-22)36-7-5-15(12-33)6-8-36/h1-4,9-11,13,15H,5-8,14H2/b22-10-. The number of carbonyl (C=O) groups excluding carboxylic acids is 1. The number of carbonyl (C=O) groups is 1. The van der Waals surface area contributed by atoms with Crippen LogP contribution in [0.15, 0.2) is 52.5 Å². The number of likely N-dealkylation sites (tertiary alicyclic amines) is 1. The number of halogens is 6. The van der Waals surface area contributed by atoms with Crippen molar-refractivity contribution >= 4 is 39.8 Å². The number of piperidine rings is 1. The van der Waals surface area contributed by atoms with Gasteiger partial charge < -0.3 is 4.90 Å². The maximum Gasteiger partial charge on any atom is 0.416 e. The van der Waals surface area contributed by atoms with Crippen molar-refractivity contribution in [1.82, 2.24) is 14.7 Å². The minimum Gasteiger partial charge on any atom is -0.351 e. The first-order valence-electron chi connectivity index (χ1n) is 11.8. The van der Waals surface area contributed by atoms with E-state index in [9.17, 15) is 31.1 Å². The fraction of sp³-hybridized carbons (Fsp3) is 0.308. The van der Waals surface area contributed by atoms with E-state index in [1.165, 1.54) is 22.6 Å². The zero-order valence-electron chi connectivity index (χ0n) is 20.1. The lowest BCUT2D eigenvalue weighted by Gasteiger charge is -2.29. The maximum atomic E-state index is 13.6. The normalized spacial score (nSPS) is 18.2. The van der Waals surface area contributed by atoms with E-state index in [0.717, 1.165) is 6.07 Å². The number of amides is 1. The summed E-state index contributed by atoms with van der Waals surface area (Å²) in [6.45, 7) is 0.903. The van der Waals surface area contributed by atoms with Crippen molar-refractivity contribution in [2.45, 2.75) is 31.7 Å². The Labute approximate surface area is 222 Å². The number of thioether (sulfide) groups is 1. The molecule has 0 bridgehead atoms. The second-order valence-corrected chi connectivity index (χ2v) is 10.2. The Kier molecular flexibility index (Phi) is 6.92. The van der Waals surface area contributed by atoms with Crippen molar-refractivity contribution in [2.24, 2.45) is 10.9 Å². The summed E-state index contributed by atoms with van der Waals surface area (Å²) in [5.41, 5.74) is -1.95. The average Bonchev–Trinajstić information content (AvgIpc) is 3.45. The van der Waals surface area contributed by atoms with E-state index < -0.39 is 23.5 Å². The molecule has 3 aromatic rings. The zero-order chi connectivity index (χ0) is 27.9. The second kappa shape index (κ2) is 10.1. The van der Waals surface area contributed by atoms with Gasteiger partial charge in [0.1, 0.15) is 0 Å². The van der Waals surface area contributed by atoms with Gasteiger partial charge in [0, 0.05) is 24.4 Å². The van der Waals surface area contributed by atoms with Gasteiger partial charge in [-0.15, -0.1) is 0 Å². The van der Waals surface area contributed by atoms with Crippen molar-refractivity contribution < 1.29 is 31.1 Å². The summed E-state index contributed by atoms with van der Waals surface area (Å²) in [7, 11) is 0. The highest BCUT2D eigenvalue weighted by Crippen LogP contribution is 2.38. The zero-order valence-corrected chi connectivity index (χ0v) is 20.9. The monoisotopic (exact) mass is 563 g/mol. The molecule has 1 saturated heterocycles. The van der Waals surface area contributed by atoms with Gasteiger partial charge in [-0.3, -0.25) is 9.48 Å². The minimum absolute atomic E-state index is 0.00547. The van der Waals surface area contributed by atoms with Gasteiger partial charge in [-0.2, -0.15) is 41.7 Å². The van der Waals surface area contributed by atoms with E-state index in [4.69, 9.17) is 5.26 Å². The van der Waals surface area contributed by atoms with Gasteiger partial charge in [-0.25, -0.2) is 0 Å². The molecule has 0 aliphatic carbocycles. The van der Waals surface area contributed by atoms with Crippen LogP contribution in [0, 0.1) is 17.2 Å². The molecule has 2 aliphatic rings. The number of nitriles is 1. The number of alkyl halides is 6. The summed E-state index contributed by atoms with van der Waals surface area (Å²) >= 11 is 1.25. The highest BCUT2D eigenvalue weighted by molar-refractivity contribution is 8.18. The van der Waals surface area contributed by atoms with E-state index in [2.05, 4.69) is 16.2 Å². The molecule has 1 amide bonds. The SMILES string of the molecule is N#CC1CCN(C2=NC(=O)/C(=C/c3ccc4c(cnn4Cc4ccc(C(F)(F)F)cc4C(F)(F)F)c3)S2)CC1. The largest absolute Gasteiger partial charge is 0.416 e. The summed E-state index contributed by atoms with van der Waals surface area (Å²) < 4.78 is 80.9. The molecule has 2 aromatic carbocycles. The fourth-order valence-corrected chi connectivity index (χ4v) is 5.49. The molecule has 202 valence electrons. The Hall–Kier alpha value is -3.79. The highest BCUT2D eigenvalue weighted by atomic mass is 32.2. The molecule has 13 heteroatoms. The third-order valence-corrected chi connectivity index (χ3v) is 7.63. The van der Waals surface area contributed by atoms with Gasteiger partial charge in [-0.05, 0) is 66.1 Å². The smallest absolute Gasteiger partial charge is 0.351 e. The topological polar surface area (TPSA) is 74.3 Å². The molecule has 3 heterocycles. The van der Waals surface area contributed by atoms with Crippen molar-refractivity contribution in [3.05, 3.63) is 69.8 Å². The first kappa shape index (κ1) is 26.8. The van der Waals surface area contributed by atoms with Crippen LogP contribution in [-0.4, -0.2) is 38.8 Å². The Morgan fingerprint density at radius 2 is 1.79 bits per heavy atom. The van der Waals surface area contributed by atoms with Crippen molar-refractivity contribution in [3.63, 3.8) is 0 Å². The molecule has 0 radical (unpaired) electrons. The molecular weight excluding hydrogens is 544 g/mol. The molecule has 6 nitrogen and oxygen atoms in total. The Bertz CT molecular complexity index is 1540. The molecule has 0 saturated carbocycles. The predicted molar refractivity (Wildman–Crippen MR) is 133 cm³/mol. The van der Waals surface area contributed by atoms with Gasteiger partial charge >= 0.3 is 12.4 Å². The molecule has 0 N–H and O–H groups in total. The number of hydrogen-bond acceptors (Lipinski definition) is 5. The summed E-state index contributed by atoms with van der Waals surface area (Å²) in [4.78, 5) is 19.0. The third-order valence-electron chi connectivity index (χ3n) is 6.58. The molecule has 39 heavy (non-hydrogen) atoms. The molecule has 2 aliphatic heterocycles. The van der Waals surface area contributed by atoms with Gasteiger partial charge in [0.25, 0.3) is 5.91 Å².